The van der Waals surface area contributed by atoms with Crippen molar-refractivity contribution in [3.63, 3.8) is 0 Å². The van der Waals surface area contributed by atoms with Crippen LogP contribution in [0.15, 0.2) is 24.5 Å². The largest absolute Gasteiger partial charge is 0.331 e. The van der Waals surface area contributed by atoms with Crippen LogP contribution in [0, 0.1) is 0 Å². The number of aryl methyl sites for hydroxylation is 1. The molecule has 1 aromatic carbocycles. The van der Waals surface area contributed by atoms with E-state index in [4.69, 9.17) is 0 Å². The van der Waals surface area contributed by atoms with Crippen LogP contribution in [0.1, 0.15) is 25.5 Å². The first-order valence-corrected chi connectivity index (χ1v) is 7.19. The van der Waals surface area contributed by atoms with Gasteiger partial charge in [0, 0.05) is 38.8 Å². The Kier molecular flexibility index (Phi) is 3.53. The Morgan fingerprint density at radius 2 is 2.11 bits per heavy atom. The van der Waals surface area contributed by atoms with Crippen LogP contribution in [-0.4, -0.2) is 40.6 Å². The fraction of sp³-hybridized carbons (Fsp3) is 0.533. The smallest absolute Gasteiger partial charge is 0.0958 e. The van der Waals surface area contributed by atoms with E-state index >= 15 is 0 Å². The lowest BCUT2D eigenvalue weighted by molar-refractivity contribution is 0.185. The molecular weight excluding hydrogens is 236 g/mol. The van der Waals surface area contributed by atoms with Crippen molar-refractivity contribution in [2.45, 2.75) is 26.4 Å². The SMILES string of the molecule is CCn1cnc2cc(C(C)N3CCNCC3)ccc21. The second kappa shape index (κ2) is 5.31. The summed E-state index contributed by atoms with van der Waals surface area (Å²) in [6.07, 6.45) is 1.93. The molecule has 1 saturated heterocycles. The number of benzene rings is 1. The summed E-state index contributed by atoms with van der Waals surface area (Å²) in [5, 5.41) is 3.40. The molecule has 0 bridgehead atoms. The van der Waals surface area contributed by atoms with E-state index in [9.17, 15) is 0 Å². The first-order chi connectivity index (χ1) is 9.29. The van der Waals surface area contributed by atoms with Crippen molar-refractivity contribution >= 4 is 11.0 Å². The molecule has 1 fully saturated rings. The number of fused-ring (bicyclic) bond motifs is 1. The van der Waals surface area contributed by atoms with Gasteiger partial charge in [-0.3, -0.25) is 4.90 Å². The standard InChI is InChI=1S/C15H22N4/c1-3-18-11-17-14-10-13(4-5-15(14)18)12(2)19-8-6-16-7-9-19/h4-5,10-12,16H,3,6-9H2,1-2H3. The Bertz CT molecular complexity index is 554. The zero-order valence-electron chi connectivity index (χ0n) is 11.8. The van der Waals surface area contributed by atoms with E-state index in [2.05, 4.69) is 51.8 Å². The summed E-state index contributed by atoms with van der Waals surface area (Å²) in [6, 6.07) is 7.18. The van der Waals surface area contributed by atoms with E-state index < -0.39 is 0 Å². The molecule has 1 aliphatic rings. The van der Waals surface area contributed by atoms with Gasteiger partial charge >= 0.3 is 0 Å². The zero-order chi connectivity index (χ0) is 13.2. The molecule has 4 heteroatoms. The average Bonchev–Trinajstić information content (AvgIpc) is 2.89. The van der Waals surface area contributed by atoms with Crippen molar-refractivity contribution in [3.8, 4) is 0 Å². The molecule has 1 N–H and O–H groups in total. The lowest BCUT2D eigenvalue weighted by Crippen LogP contribution is -2.44. The summed E-state index contributed by atoms with van der Waals surface area (Å²) >= 11 is 0. The van der Waals surface area contributed by atoms with Gasteiger partial charge in [-0.05, 0) is 31.5 Å². The second-order valence-corrected chi connectivity index (χ2v) is 5.24. The Morgan fingerprint density at radius 3 is 2.84 bits per heavy atom. The van der Waals surface area contributed by atoms with Crippen LogP contribution in [0.4, 0.5) is 0 Å². The van der Waals surface area contributed by atoms with Gasteiger partial charge in [0.05, 0.1) is 17.4 Å². The molecule has 1 aromatic heterocycles. The van der Waals surface area contributed by atoms with E-state index in [1.54, 1.807) is 0 Å². The minimum absolute atomic E-state index is 0.471. The van der Waals surface area contributed by atoms with Gasteiger partial charge in [-0.1, -0.05) is 6.07 Å². The fourth-order valence-corrected chi connectivity index (χ4v) is 2.87. The molecule has 1 atom stereocenters. The van der Waals surface area contributed by atoms with Crippen molar-refractivity contribution in [2.75, 3.05) is 26.2 Å². The summed E-state index contributed by atoms with van der Waals surface area (Å²) in [7, 11) is 0. The monoisotopic (exact) mass is 258 g/mol. The van der Waals surface area contributed by atoms with Gasteiger partial charge in [0.2, 0.25) is 0 Å². The summed E-state index contributed by atoms with van der Waals surface area (Å²) in [6.45, 7) is 9.87. The highest BCUT2D eigenvalue weighted by Crippen LogP contribution is 2.24. The molecule has 0 saturated carbocycles. The van der Waals surface area contributed by atoms with Gasteiger partial charge in [-0.2, -0.15) is 0 Å². The average molecular weight is 258 g/mol. The van der Waals surface area contributed by atoms with Crippen LogP contribution in [0.2, 0.25) is 0 Å². The van der Waals surface area contributed by atoms with Crippen LogP contribution in [0.5, 0.6) is 0 Å². The maximum Gasteiger partial charge on any atom is 0.0958 e. The molecule has 4 nitrogen and oxygen atoms in total. The highest BCUT2D eigenvalue weighted by molar-refractivity contribution is 5.76. The van der Waals surface area contributed by atoms with E-state index in [0.29, 0.717) is 6.04 Å². The van der Waals surface area contributed by atoms with E-state index in [1.807, 2.05) is 6.33 Å². The molecule has 1 unspecified atom stereocenters. The van der Waals surface area contributed by atoms with Gasteiger partial charge in [0.15, 0.2) is 0 Å². The molecule has 19 heavy (non-hydrogen) atoms. The molecule has 2 heterocycles. The van der Waals surface area contributed by atoms with Crippen LogP contribution < -0.4 is 5.32 Å². The number of hydrogen-bond acceptors (Lipinski definition) is 3. The fourth-order valence-electron chi connectivity index (χ4n) is 2.87. The highest BCUT2D eigenvalue weighted by atomic mass is 15.2. The lowest BCUT2D eigenvalue weighted by Gasteiger charge is -2.33. The Labute approximate surface area is 114 Å². The maximum atomic E-state index is 4.51. The van der Waals surface area contributed by atoms with Crippen molar-refractivity contribution in [1.29, 1.82) is 0 Å². The number of nitrogens with one attached hydrogen (secondary N) is 1. The number of rotatable bonds is 3. The van der Waals surface area contributed by atoms with E-state index in [-0.39, 0.29) is 0 Å². The van der Waals surface area contributed by atoms with Gasteiger partial charge in [0.25, 0.3) is 0 Å². The topological polar surface area (TPSA) is 33.1 Å². The molecule has 3 rings (SSSR count). The normalized spacial score (nSPS) is 18.8. The van der Waals surface area contributed by atoms with Gasteiger partial charge in [0.1, 0.15) is 0 Å². The molecule has 0 spiro atoms. The zero-order valence-corrected chi connectivity index (χ0v) is 11.8. The summed E-state index contributed by atoms with van der Waals surface area (Å²) in [5.74, 6) is 0. The molecule has 0 aliphatic carbocycles. The molecule has 0 radical (unpaired) electrons. The second-order valence-electron chi connectivity index (χ2n) is 5.24. The van der Waals surface area contributed by atoms with Crippen LogP contribution >= 0.6 is 0 Å². The Morgan fingerprint density at radius 1 is 1.32 bits per heavy atom. The quantitative estimate of drug-likeness (QED) is 0.914. The minimum Gasteiger partial charge on any atom is -0.331 e. The molecule has 1 aliphatic heterocycles. The molecule has 0 amide bonds. The predicted octanol–water partition coefficient (Wildman–Crippen LogP) is 2.02. The Balaban J connectivity index is 1.87. The van der Waals surface area contributed by atoms with E-state index in [1.165, 1.54) is 11.1 Å². The first kappa shape index (κ1) is 12.6. The summed E-state index contributed by atoms with van der Waals surface area (Å²) in [5.41, 5.74) is 3.72. The van der Waals surface area contributed by atoms with Gasteiger partial charge in [-0.15, -0.1) is 0 Å². The Hall–Kier alpha value is -1.39. The van der Waals surface area contributed by atoms with Gasteiger partial charge < -0.3 is 9.88 Å². The molecule has 102 valence electrons. The maximum absolute atomic E-state index is 4.51. The van der Waals surface area contributed by atoms with Crippen molar-refractivity contribution < 1.29 is 0 Å². The molecule has 2 aromatic rings. The minimum atomic E-state index is 0.471. The van der Waals surface area contributed by atoms with Crippen LogP contribution in [0.3, 0.4) is 0 Å². The third-order valence-electron chi connectivity index (χ3n) is 4.17. The number of nitrogens with zero attached hydrogens (tertiary/aromatic N) is 3. The summed E-state index contributed by atoms with van der Waals surface area (Å²) < 4.78 is 2.19. The van der Waals surface area contributed by atoms with Crippen molar-refractivity contribution in [2.24, 2.45) is 0 Å². The number of aromatic nitrogens is 2. The molecular formula is C15H22N4. The van der Waals surface area contributed by atoms with E-state index in [0.717, 1.165) is 38.2 Å². The third-order valence-corrected chi connectivity index (χ3v) is 4.17. The van der Waals surface area contributed by atoms with Crippen LogP contribution in [-0.2, 0) is 6.54 Å². The lowest BCUT2D eigenvalue weighted by atomic mass is 10.1. The van der Waals surface area contributed by atoms with Crippen LogP contribution in [0.25, 0.3) is 11.0 Å². The highest BCUT2D eigenvalue weighted by Gasteiger charge is 2.18. The number of piperazine rings is 1. The first-order valence-electron chi connectivity index (χ1n) is 7.19. The number of hydrogen-bond donors (Lipinski definition) is 1. The number of imidazole rings is 1. The van der Waals surface area contributed by atoms with Crippen molar-refractivity contribution in [3.05, 3.63) is 30.1 Å². The van der Waals surface area contributed by atoms with Crippen molar-refractivity contribution in [1.82, 2.24) is 19.8 Å². The third kappa shape index (κ3) is 2.38. The van der Waals surface area contributed by atoms with Gasteiger partial charge in [-0.25, -0.2) is 4.98 Å². The summed E-state index contributed by atoms with van der Waals surface area (Å²) in [4.78, 5) is 7.05. The predicted molar refractivity (Wildman–Crippen MR) is 78.3 cm³/mol.